The summed E-state index contributed by atoms with van der Waals surface area (Å²) in [5.74, 6) is 1.01. The third-order valence-corrected chi connectivity index (χ3v) is 3.15. The molecule has 2 rings (SSSR count). The molecule has 0 atom stereocenters. The van der Waals surface area contributed by atoms with E-state index in [1.54, 1.807) is 24.1 Å². The molecule has 1 heterocycles. The van der Waals surface area contributed by atoms with E-state index in [4.69, 9.17) is 21.1 Å². The van der Waals surface area contributed by atoms with Crippen LogP contribution in [0.25, 0.3) is 0 Å². The van der Waals surface area contributed by atoms with E-state index in [-0.39, 0.29) is 5.91 Å². The molecule has 0 radical (unpaired) electrons. The molecule has 1 aliphatic rings. The minimum absolute atomic E-state index is 0.0740. The summed E-state index contributed by atoms with van der Waals surface area (Å²) >= 11 is 6.14. The van der Waals surface area contributed by atoms with Crippen molar-refractivity contribution in [3.8, 4) is 11.5 Å². The molecule has 98 valence electrons. The Hall–Kier alpha value is -1.42. The number of benzene rings is 1. The van der Waals surface area contributed by atoms with Gasteiger partial charge in [-0.05, 0) is 19.1 Å². The minimum atomic E-state index is -0.0740. The monoisotopic (exact) mass is 269 g/mol. The van der Waals surface area contributed by atoms with Crippen molar-refractivity contribution in [3.05, 3.63) is 22.7 Å². The van der Waals surface area contributed by atoms with Crippen molar-refractivity contribution in [2.45, 2.75) is 13.3 Å². The van der Waals surface area contributed by atoms with Crippen LogP contribution in [-0.4, -0.2) is 37.6 Å². The van der Waals surface area contributed by atoms with Gasteiger partial charge in [0.2, 0.25) is 0 Å². The van der Waals surface area contributed by atoms with Gasteiger partial charge in [-0.15, -0.1) is 0 Å². The van der Waals surface area contributed by atoms with Crippen LogP contribution in [0.1, 0.15) is 23.7 Å². The maximum absolute atomic E-state index is 12.1. The first kappa shape index (κ1) is 13.0. The smallest absolute Gasteiger partial charge is 0.253 e. The van der Waals surface area contributed by atoms with Crippen molar-refractivity contribution >= 4 is 17.5 Å². The average Bonchev–Trinajstić information content (AvgIpc) is 2.62. The zero-order chi connectivity index (χ0) is 13.1. The van der Waals surface area contributed by atoms with Gasteiger partial charge in [0.25, 0.3) is 5.91 Å². The van der Waals surface area contributed by atoms with Gasteiger partial charge in [0.05, 0.1) is 18.2 Å². The summed E-state index contributed by atoms with van der Waals surface area (Å²) in [6.07, 6.45) is 0.809. The number of hydrogen-bond acceptors (Lipinski definition) is 3. The zero-order valence-corrected chi connectivity index (χ0v) is 11.3. The van der Waals surface area contributed by atoms with E-state index in [2.05, 4.69) is 0 Å². The fraction of sp³-hybridized carbons (Fsp3) is 0.462. The van der Waals surface area contributed by atoms with Crippen LogP contribution in [0, 0.1) is 0 Å². The molecule has 0 aliphatic carbocycles. The minimum Gasteiger partial charge on any atom is -0.489 e. The van der Waals surface area contributed by atoms with E-state index in [1.807, 2.05) is 6.92 Å². The van der Waals surface area contributed by atoms with Crippen LogP contribution in [0.4, 0.5) is 0 Å². The Morgan fingerprint density at radius 3 is 2.83 bits per heavy atom. The zero-order valence-electron chi connectivity index (χ0n) is 10.5. The molecular formula is C13H16ClNO3. The van der Waals surface area contributed by atoms with E-state index < -0.39 is 0 Å². The van der Waals surface area contributed by atoms with Crippen LogP contribution in [0.15, 0.2) is 12.1 Å². The first-order chi connectivity index (χ1) is 8.63. The molecule has 1 amide bonds. The van der Waals surface area contributed by atoms with Crippen molar-refractivity contribution in [1.29, 1.82) is 0 Å². The van der Waals surface area contributed by atoms with E-state index >= 15 is 0 Å². The Morgan fingerprint density at radius 2 is 2.11 bits per heavy atom. The van der Waals surface area contributed by atoms with Crippen LogP contribution in [0.3, 0.4) is 0 Å². The molecule has 0 unspecified atom stereocenters. The molecule has 0 aromatic heterocycles. The first-order valence-corrected chi connectivity index (χ1v) is 6.36. The molecule has 0 spiro atoms. The topological polar surface area (TPSA) is 38.8 Å². The molecule has 5 heteroatoms. The summed E-state index contributed by atoms with van der Waals surface area (Å²) in [4.78, 5) is 13.7. The van der Waals surface area contributed by atoms with Gasteiger partial charge in [0, 0.05) is 25.6 Å². The van der Waals surface area contributed by atoms with Gasteiger partial charge >= 0.3 is 0 Å². The normalized spacial score (nSPS) is 13.9. The lowest BCUT2D eigenvalue weighted by Gasteiger charge is -2.16. The van der Waals surface area contributed by atoms with Gasteiger partial charge in [-0.3, -0.25) is 4.79 Å². The molecule has 0 saturated heterocycles. The lowest BCUT2D eigenvalue weighted by molar-refractivity contribution is 0.0802. The summed E-state index contributed by atoms with van der Waals surface area (Å²) in [7, 11) is 1.75. The first-order valence-electron chi connectivity index (χ1n) is 5.98. The fourth-order valence-electron chi connectivity index (χ4n) is 1.72. The summed E-state index contributed by atoms with van der Waals surface area (Å²) in [6, 6.07) is 3.32. The number of rotatable bonds is 2. The van der Waals surface area contributed by atoms with Crippen LogP contribution in [0.5, 0.6) is 11.5 Å². The van der Waals surface area contributed by atoms with Crippen LogP contribution in [0.2, 0.25) is 5.02 Å². The third kappa shape index (κ3) is 2.53. The third-order valence-electron chi connectivity index (χ3n) is 2.87. The highest BCUT2D eigenvalue weighted by atomic mass is 35.5. The molecule has 4 nitrogen and oxygen atoms in total. The van der Waals surface area contributed by atoms with E-state index in [1.165, 1.54) is 0 Å². The van der Waals surface area contributed by atoms with Gasteiger partial charge in [-0.25, -0.2) is 0 Å². The number of carbonyl (C=O) groups excluding carboxylic acids is 1. The second-order valence-corrected chi connectivity index (χ2v) is 4.56. The molecule has 0 saturated carbocycles. The van der Waals surface area contributed by atoms with Crippen LogP contribution in [-0.2, 0) is 0 Å². The lowest BCUT2D eigenvalue weighted by Crippen LogP contribution is -2.26. The SMILES string of the molecule is CCN(C)C(=O)c1cc(Cl)c2c(c1)OCCCO2. The predicted octanol–water partition coefficient (Wildman–Crippen LogP) is 2.59. The molecule has 1 aromatic rings. The van der Waals surface area contributed by atoms with E-state index in [0.717, 1.165) is 6.42 Å². The summed E-state index contributed by atoms with van der Waals surface area (Å²) in [5, 5.41) is 0.419. The second kappa shape index (κ2) is 5.48. The number of ether oxygens (including phenoxy) is 2. The van der Waals surface area contributed by atoms with E-state index in [0.29, 0.717) is 41.8 Å². The maximum Gasteiger partial charge on any atom is 0.253 e. The largest absolute Gasteiger partial charge is 0.489 e. The van der Waals surface area contributed by atoms with Crippen molar-refractivity contribution in [1.82, 2.24) is 4.90 Å². The van der Waals surface area contributed by atoms with Crippen molar-refractivity contribution in [3.63, 3.8) is 0 Å². The molecule has 1 aromatic carbocycles. The molecule has 0 bridgehead atoms. The summed E-state index contributed by atoms with van der Waals surface area (Å²) in [6.45, 7) is 3.72. The van der Waals surface area contributed by atoms with Crippen molar-refractivity contribution in [2.75, 3.05) is 26.8 Å². The Balaban J connectivity index is 2.37. The highest BCUT2D eigenvalue weighted by Crippen LogP contribution is 2.38. The van der Waals surface area contributed by atoms with Gasteiger partial charge in [-0.1, -0.05) is 11.6 Å². The Kier molecular flexibility index (Phi) is 3.97. The fourth-order valence-corrected chi connectivity index (χ4v) is 1.98. The molecular weight excluding hydrogens is 254 g/mol. The van der Waals surface area contributed by atoms with E-state index in [9.17, 15) is 4.79 Å². The second-order valence-electron chi connectivity index (χ2n) is 4.16. The molecule has 1 aliphatic heterocycles. The summed E-state index contributed by atoms with van der Waals surface area (Å²) in [5.41, 5.74) is 0.522. The van der Waals surface area contributed by atoms with Gasteiger partial charge in [0.1, 0.15) is 0 Å². The number of nitrogens with zero attached hydrogens (tertiary/aromatic N) is 1. The highest BCUT2D eigenvalue weighted by Gasteiger charge is 2.19. The number of carbonyl (C=O) groups is 1. The number of hydrogen-bond donors (Lipinski definition) is 0. The Morgan fingerprint density at radius 1 is 1.39 bits per heavy atom. The standard InChI is InChI=1S/C13H16ClNO3/c1-3-15(2)13(16)9-7-10(14)12-11(8-9)17-5-4-6-18-12/h7-8H,3-6H2,1-2H3. The quantitative estimate of drug-likeness (QED) is 0.828. The van der Waals surface area contributed by atoms with Gasteiger partial charge < -0.3 is 14.4 Å². The van der Waals surface area contributed by atoms with Crippen LogP contribution < -0.4 is 9.47 Å². The van der Waals surface area contributed by atoms with Gasteiger partial charge in [0.15, 0.2) is 11.5 Å². The number of halogens is 1. The van der Waals surface area contributed by atoms with Crippen molar-refractivity contribution in [2.24, 2.45) is 0 Å². The molecule has 0 fully saturated rings. The Bertz CT molecular complexity index is 462. The maximum atomic E-state index is 12.1. The molecule has 0 N–H and O–H groups in total. The lowest BCUT2D eigenvalue weighted by atomic mass is 10.1. The highest BCUT2D eigenvalue weighted by molar-refractivity contribution is 6.32. The molecule has 18 heavy (non-hydrogen) atoms. The average molecular weight is 270 g/mol. The van der Waals surface area contributed by atoms with Crippen molar-refractivity contribution < 1.29 is 14.3 Å². The number of fused-ring (bicyclic) bond motifs is 1. The van der Waals surface area contributed by atoms with Gasteiger partial charge in [-0.2, -0.15) is 0 Å². The van der Waals surface area contributed by atoms with Crippen LogP contribution >= 0.6 is 11.6 Å². The number of amides is 1. The summed E-state index contributed by atoms with van der Waals surface area (Å²) < 4.78 is 11.1. The Labute approximate surface area is 111 Å². The predicted molar refractivity (Wildman–Crippen MR) is 69.7 cm³/mol.